The molecule has 0 unspecified atom stereocenters. The summed E-state index contributed by atoms with van der Waals surface area (Å²) in [5.74, 6) is -0.756. The molecule has 0 bridgehead atoms. The molecule has 4 aromatic heterocycles. The first-order valence-electron chi connectivity index (χ1n) is 9.96. The van der Waals surface area contributed by atoms with Crippen LogP contribution in [0.25, 0.3) is 22.7 Å². The van der Waals surface area contributed by atoms with Crippen LogP contribution in [0.1, 0.15) is 19.5 Å². The SMILES string of the molecule is Cc1cn2cc(-c3nc(=O)n4c(N5CCNC(C)(C)C5)ccc(F)c4n3)cc(F)c2n1. The van der Waals surface area contributed by atoms with Gasteiger partial charge in [0.2, 0.25) is 0 Å². The predicted molar refractivity (Wildman–Crippen MR) is 112 cm³/mol. The lowest BCUT2D eigenvalue weighted by Gasteiger charge is -2.40. The molecule has 10 heteroatoms. The van der Waals surface area contributed by atoms with Crippen LogP contribution in [0.2, 0.25) is 0 Å². The fraction of sp³-hybridized carbons (Fsp3) is 0.333. The van der Waals surface area contributed by atoms with Gasteiger partial charge in [0.1, 0.15) is 5.82 Å². The molecule has 4 aromatic rings. The van der Waals surface area contributed by atoms with Crippen LogP contribution in [0.5, 0.6) is 0 Å². The highest BCUT2D eigenvalue weighted by Crippen LogP contribution is 2.24. The number of nitrogens with one attached hydrogen (secondary N) is 1. The summed E-state index contributed by atoms with van der Waals surface area (Å²) in [4.78, 5) is 27.4. The summed E-state index contributed by atoms with van der Waals surface area (Å²) in [5, 5.41) is 3.41. The van der Waals surface area contributed by atoms with Crippen molar-refractivity contribution in [3.05, 3.63) is 58.4 Å². The Balaban J connectivity index is 1.68. The number of hydrogen-bond acceptors (Lipinski definition) is 6. The molecule has 0 amide bonds. The molecule has 0 aromatic carbocycles. The van der Waals surface area contributed by atoms with E-state index < -0.39 is 17.3 Å². The Hall–Kier alpha value is -3.40. The zero-order chi connectivity index (χ0) is 21.9. The Bertz CT molecular complexity index is 1390. The van der Waals surface area contributed by atoms with Gasteiger partial charge < -0.3 is 14.6 Å². The number of halogens is 2. The van der Waals surface area contributed by atoms with E-state index in [1.165, 1.54) is 20.9 Å². The molecular formula is C21H21F2N7O. The van der Waals surface area contributed by atoms with Crippen molar-refractivity contribution in [3.8, 4) is 11.4 Å². The third-order valence-corrected chi connectivity index (χ3v) is 5.42. The first kappa shape index (κ1) is 19.6. The standard InChI is InChI=1S/C21H21F2N7O/c1-12-9-29-10-13(8-15(23)18(29)25-12)17-26-19-14(22)4-5-16(30(19)20(31)27-17)28-7-6-24-21(2,3)11-28/h4-5,8-10,24H,6-7,11H2,1-3H3. The fourth-order valence-electron chi connectivity index (χ4n) is 4.08. The molecule has 0 radical (unpaired) electrons. The summed E-state index contributed by atoms with van der Waals surface area (Å²) in [5.41, 5.74) is 0.0762. The molecule has 5 rings (SSSR count). The van der Waals surface area contributed by atoms with Gasteiger partial charge in [-0.2, -0.15) is 4.98 Å². The maximum absolute atomic E-state index is 14.7. The molecule has 0 saturated carbocycles. The van der Waals surface area contributed by atoms with Gasteiger partial charge in [-0.3, -0.25) is 0 Å². The Morgan fingerprint density at radius 3 is 2.65 bits per heavy atom. The zero-order valence-electron chi connectivity index (χ0n) is 17.4. The van der Waals surface area contributed by atoms with Crippen molar-refractivity contribution in [2.75, 3.05) is 24.5 Å². The summed E-state index contributed by atoms with van der Waals surface area (Å²) in [6.07, 6.45) is 3.23. The number of piperazine rings is 1. The maximum Gasteiger partial charge on any atom is 0.357 e. The third kappa shape index (κ3) is 3.32. The molecule has 5 heterocycles. The van der Waals surface area contributed by atoms with E-state index in [1.807, 2.05) is 4.90 Å². The number of imidazole rings is 1. The van der Waals surface area contributed by atoms with Crippen molar-refractivity contribution in [2.45, 2.75) is 26.3 Å². The molecule has 0 atom stereocenters. The molecule has 0 spiro atoms. The predicted octanol–water partition coefficient (Wildman–Crippen LogP) is 2.18. The molecule has 0 aliphatic carbocycles. The van der Waals surface area contributed by atoms with Crippen molar-refractivity contribution in [1.29, 1.82) is 0 Å². The smallest absolute Gasteiger partial charge is 0.354 e. The third-order valence-electron chi connectivity index (χ3n) is 5.42. The van der Waals surface area contributed by atoms with Crippen LogP contribution in [-0.4, -0.2) is 48.9 Å². The lowest BCUT2D eigenvalue weighted by Crippen LogP contribution is -2.57. The summed E-state index contributed by atoms with van der Waals surface area (Å²) in [6, 6.07) is 4.06. The minimum atomic E-state index is -0.673. The number of pyridine rings is 2. The number of nitrogens with zero attached hydrogens (tertiary/aromatic N) is 6. The van der Waals surface area contributed by atoms with E-state index in [-0.39, 0.29) is 28.2 Å². The maximum atomic E-state index is 14.7. The highest BCUT2D eigenvalue weighted by molar-refractivity contribution is 5.62. The fourth-order valence-corrected chi connectivity index (χ4v) is 4.08. The Kier molecular flexibility index (Phi) is 4.30. The molecular weight excluding hydrogens is 404 g/mol. The highest BCUT2D eigenvalue weighted by atomic mass is 19.1. The number of fused-ring (bicyclic) bond motifs is 2. The van der Waals surface area contributed by atoms with Crippen molar-refractivity contribution < 1.29 is 8.78 Å². The number of hydrogen-bond donors (Lipinski definition) is 1. The number of rotatable bonds is 2. The second-order valence-corrected chi connectivity index (χ2v) is 8.45. The Morgan fingerprint density at radius 1 is 1.06 bits per heavy atom. The van der Waals surface area contributed by atoms with Crippen LogP contribution in [0, 0.1) is 18.6 Å². The van der Waals surface area contributed by atoms with Crippen molar-refractivity contribution >= 4 is 17.1 Å². The van der Waals surface area contributed by atoms with Crippen LogP contribution >= 0.6 is 0 Å². The molecule has 8 nitrogen and oxygen atoms in total. The van der Waals surface area contributed by atoms with E-state index in [0.29, 0.717) is 24.6 Å². The average Bonchev–Trinajstić information content (AvgIpc) is 3.08. The van der Waals surface area contributed by atoms with E-state index in [9.17, 15) is 13.6 Å². The second kappa shape index (κ2) is 6.81. The molecule has 1 saturated heterocycles. The highest BCUT2D eigenvalue weighted by Gasteiger charge is 2.28. The van der Waals surface area contributed by atoms with Gasteiger partial charge in [-0.05, 0) is 39.0 Å². The first-order valence-corrected chi connectivity index (χ1v) is 9.96. The Morgan fingerprint density at radius 2 is 1.87 bits per heavy atom. The van der Waals surface area contributed by atoms with E-state index in [1.54, 1.807) is 25.4 Å². The van der Waals surface area contributed by atoms with Gasteiger partial charge in [0.25, 0.3) is 0 Å². The largest absolute Gasteiger partial charge is 0.357 e. The topological polar surface area (TPSA) is 79.8 Å². The monoisotopic (exact) mass is 425 g/mol. The van der Waals surface area contributed by atoms with E-state index in [2.05, 4.69) is 34.1 Å². The summed E-state index contributed by atoms with van der Waals surface area (Å²) in [6.45, 7) is 7.88. The quantitative estimate of drug-likeness (QED) is 0.530. The Labute approximate surface area is 176 Å². The molecule has 1 aliphatic heterocycles. The van der Waals surface area contributed by atoms with Crippen molar-refractivity contribution in [2.24, 2.45) is 0 Å². The van der Waals surface area contributed by atoms with Crippen LogP contribution in [0.4, 0.5) is 14.6 Å². The minimum absolute atomic E-state index is 0.0474. The van der Waals surface area contributed by atoms with Crippen molar-refractivity contribution in [1.82, 2.24) is 29.1 Å². The first-order chi connectivity index (χ1) is 14.7. The number of aryl methyl sites for hydroxylation is 1. The van der Waals surface area contributed by atoms with E-state index in [0.717, 1.165) is 6.54 Å². The minimum Gasteiger partial charge on any atom is -0.354 e. The van der Waals surface area contributed by atoms with Gasteiger partial charge in [-0.1, -0.05) is 0 Å². The lowest BCUT2D eigenvalue weighted by atomic mass is 10.0. The number of aromatic nitrogens is 5. The van der Waals surface area contributed by atoms with Gasteiger partial charge >= 0.3 is 5.69 Å². The van der Waals surface area contributed by atoms with Gasteiger partial charge in [0.05, 0.1) is 5.69 Å². The van der Waals surface area contributed by atoms with Crippen LogP contribution in [0.15, 0.2) is 35.4 Å². The van der Waals surface area contributed by atoms with Crippen LogP contribution < -0.4 is 15.9 Å². The van der Waals surface area contributed by atoms with E-state index >= 15 is 0 Å². The average molecular weight is 425 g/mol. The van der Waals surface area contributed by atoms with Gasteiger partial charge in [0, 0.05) is 43.1 Å². The summed E-state index contributed by atoms with van der Waals surface area (Å²) < 4.78 is 31.9. The normalized spacial score (nSPS) is 16.4. The van der Waals surface area contributed by atoms with E-state index in [4.69, 9.17) is 0 Å². The van der Waals surface area contributed by atoms with Crippen molar-refractivity contribution in [3.63, 3.8) is 0 Å². The van der Waals surface area contributed by atoms with Crippen LogP contribution in [0.3, 0.4) is 0 Å². The van der Waals surface area contributed by atoms with Gasteiger partial charge in [-0.15, -0.1) is 0 Å². The summed E-state index contributed by atoms with van der Waals surface area (Å²) in [7, 11) is 0. The second-order valence-electron chi connectivity index (χ2n) is 8.45. The number of anilines is 1. The molecule has 1 aliphatic rings. The lowest BCUT2D eigenvalue weighted by molar-refractivity contribution is 0.351. The molecule has 1 fully saturated rings. The molecule has 1 N–H and O–H groups in total. The van der Waals surface area contributed by atoms with Gasteiger partial charge in [-0.25, -0.2) is 27.9 Å². The zero-order valence-corrected chi connectivity index (χ0v) is 17.4. The summed E-state index contributed by atoms with van der Waals surface area (Å²) >= 11 is 0. The molecule has 31 heavy (non-hydrogen) atoms. The van der Waals surface area contributed by atoms with Crippen LogP contribution in [-0.2, 0) is 0 Å². The molecule has 160 valence electrons. The van der Waals surface area contributed by atoms with Gasteiger partial charge in [0.15, 0.2) is 28.8 Å².